The number of nitrogens with one attached hydrogen (secondary N) is 1. The third kappa shape index (κ3) is 2.35. The van der Waals surface area contributed by atoms with Gasteiger partial charge in [0, 0.05) is 18.7 Å². The molecule has 3 aromatic heterocycles. The number of carbonyl (C=O) groups excluding carboxylic acids is 1. The molecule has 0 saturated carbocycles. The van der Waals surface area contributed by atoms with Crippen molar-refractivity contribution in [1.82, 2.24) is 19.9 Å². The number of furan rings is 1. The SMILES string of the molecule is Cc1ncoc1C(=O)N1CCc2[nH]cnc2[C@@H]1c1cc2c(F)ccc(F)c2o1. The van der Waals surface area contributed by atoms with E-state index in [4.69, 9.17) is 8.83 Å². The van der Waals surface area contributed by atoms with Crippen LogP contribution >= 0.6 is 0 Å². The second kappa shape index (κ2) is 6.01. The fraction of sp³-hybridized carbons (Fsp3) is 0.211. The Labute approximate surface area is 157 Å². The third-order valence-corrected chi connectivity index (χ3v) is 5.00. The quantitative estimate of drug-likeness (QED) is 0.571. The second-order valence-electron chi connectivity index (χ2n) is 6.61. The Kier molecular flexibility index (Phi) is 3.58. The molecule has 4 heterocycles. The topological polar surface area (TPSA) is 88.2 Å². The summed E-state index contributed by atoms with van der Waals surface area (Å²) < 4.78 is 39.2. The van der Waals surface area contributed by atoms with Crippen LogP contribution < -0.4 is 0 Å². The Bertz CT molecular complexity index is 1170. The number of carbonyl (C=O) groups is 1. The number of hydrogen-bond acceptors (Lipinski definition) is 5. The van der Waals surface area contributed by atoms with E-state index < -0.39 is 23.6 Å². The fourth-order valence-electron chi connectivity index (χ4n) is 3.63. The molecule has 1 aromatic carbocycles. The number of oxazole rings is 1. The van der Waals surface area contributed by atoms with Crippen LogP contribution in [0, 0.1) is 18.6 Å². The van der Waals surface area contributed by atoms with Gasteiger partial charge < -0.3 is 18.7 Å². The number of rotatable bonds is 2. The van der Waals surface area contributed by atoms with Gasteiger partial charge in [0.2, 0.25) is 5.76 Å². The maximum Gasteiger partial charge on any atom is 0.292 e. The summed E-state index contributed by atoms with van der Waals surface area (Å²) in [5, 5.41) is 0.0147. The first-order valence-corrected chi connectivity index (χ1v) is 8.65. The molecule has 4 aromatic rings. The molecule has 0 saturated heterocycles. The van der Waals surface area contributed by atoms with Crippen LogP contribution in [-0.2, 0) is 6.42 Å². The molecule has 1 aliphatic rings. The molecule has 0 aliphatic carbocycles. The van der Waals surface area contributed by atoms with Gasteiger partial charge in [0.05, 0.1) is 23.1 Å². The van der Waals surface area contributed by atoms with Crippen LogP contribution in [0.4, 0.5) is 8.78 Å². The number of fused-ring (bicyclic) bond motifs is 2. The average Bonchev–Trinajstić information content (AvgIpc) is 3.42. The smallest absolute Gasteiger partial charge is 0.292 e. The van der Waals surface area contributed by atoms with Crippen molar-refractivity contribution in [1.29, 1.82) is 0 Å². The van der Waals surface area contributed by atoms with Crippen LogP contribution in [0.1, 0.15) is 39.4 Å². The maximum absolute atomic E-state index is 14.2. The number of halogens is 2. The molecule has 7 nitrogen and oxygen atoms in total. The highest BCUT2D eigenvalue weighted by molar-refractivity contribution is 5.93. The number of benzene rings is 1. The number of aromatic amines is 1. The standard InChI is InChI=1S/C19H14F2N4O3/c1-9-17(27-8-24-9)19(26)25-5-4-13-15(23-7-22-13)16(25)14-6-10-11(20)2-3-12(21)18(10)28-14/h2-3,6-8,16H,4-5H2,1H3,(H,22,23)/t16-/m0/s1. The van der Waals surface area contributed by atoms with Gasteiger partial charge in [-0.15, -0.1) is 0 Å². The molecule has 0 unspecified atom stereocenters. The van der Waals surface area contributed by atoms with Crippen LogP contribution in [0.2, 0.25) is 0 Å². The minimum Gasteiger partial charge on any atom is -0.455 e. The number of hydrogen-bond donors (Lipinski definition) is 1. The first-order valence-electron chi connectivity index (χ1n) is 8.65. The zero-order valence-corrected chi connectivity index (χ0v) is 14.7. The zero-order valence-electron chi connectivity index (χ0n) is 14.7. The lowest BCUT2D eigenvalue weighted by molar-refractivity contribution is 0.0639. The monoisotopic (exact) mass is 384 g/mol. The summed E-state index contributed by atoms with van der Waals surface area (Å²) in [4.78, 5) is 26.0. The molecule has 0 fully saturated rings. The maximum atomic E-state index is 14.2. The van der Waals surface area contributed by atoms with Crippen molar-refractivity contribution in [2.24, 2.45) is 0 Å². The fourth-order valence-corrected chi connectivity index (χ4v) is 3.63. The Morgan fingerprint density at radius 2 is 2.11 bits per heavy atom. The molecule has 0 radical (unpaired) electrons. The molecule has 0 spiro atoms. The summed E-state index contributed by atoms with van der Waals surface area (Å²) in [5.41, 5.74) is 1.67. The molecule has 142 valence electrons. The summed E-state index contributed by atoms with van der Waals surface area (Å²) in [6, 6.07) is 2.71. The summed E-state index contributed by atoms with van der Waals surface area (Å²) in [6.07, 6.45) is 3.27. The van der Waals surface area contributed by atoms with Gasteiger partial charge in [0.15, 0.2) is 17.8 Å². The van der Waals surface area contributed by atoms with E-state index in [1.54, 1.807) is 6.92 Å². The van der Waals surface area contributed by atoms with Gasteiger partial charge in [0.25, 0.3) is 5.91 Å². The van der Waals surface area contributed by atoms with E-state index in [-0.39, 0.29) is 22.5 Å². The van der Waals surface area contributed by atoms with Crippen molar-refractivity contribution in [2.45, 2.75) is 19.4 Å². The van der Waals surface area contributed by atoms with Crippen molar-refractivity contribution in [3.63, 3.8) is 0 Å². The van der Waals surface area contributed by atoms with Crippen LogP contribution in [-0.4, -0.2) is 32.3 Å². The van der Waals surface area contributed by atoms with E-state index in [1.807, 2.05) is 0 Å². The molecule has 1 amide bonds. The van der Waals surface area contributed by atoms with E-state index >= 15 is 0 Å². The Balaban J connectivity index is 1.67. The Morgan fingerprint density at radius 1 is 1.29 bits per heavy atom. The number of aromatic nitrogens is 3. The van der Waals surface area contributed by atoms with Gasteiger partial charge in [-0.05, 0) is 25.1 Å². The molecule has 9 heteroatoms. The molecule has 0 bridgehead atoms. The number of imidazole rings is 1. The Hall–Kier alpha value is -3.49. The minimum atomic E-state index is -0.752. The molecule has 5 rings (SSSR count). The normalized spacial score (nSPS) is 16.5. The summed E-state index contributed by atoms with van der Waals surface area (Å²) in [7, 11) is 0. The van der Waals surface area contributed by atoms with E-state index in [0.717, 1.165) is 17.8 Å². The number of nitrogens with zero attached hydrogens (tertiary/aromatic N) is 3. The van der Waals surface area contributed by atoms with Gasteiger partial charge >= 0.3 is 0 Å². The molecular formula is C19H14F2N4O3. The summed E-state index contributed by atoms with van der Waals surface area (Å²) in [5.74, 6) is -1.34. The van der Waals surface area contributed by atoms with Gasteiger partial charge in [-0.3, -0.25) is 4.79 Å². The van der Waals surface area contributed by atoms with E-state index in [0.29, 0.717) is 24.4 Å². The predicted molar refractivity (Wildman–Crippen MR) is 92.5 cm³/mol. The van der Waals surface area contributed by atoms with Crippen LogP contribution in [0.3, 0.4) is 0 Å². The first kappa shape index (κ1) is 16.7. The van der Waals surface area contributed by atoms with E-state index in [9.17, 15) is 13.6 Å². The van der Waals surface area contributed by atoms with Crippen LogP contribution in [0.25, 0.3) is 11.0 Å². The largest absolute Gasteiger partial charge is 0.455 e. The van der Waals surface area contributed by atoms with Crippen molar-refractivity contribution in [3.05, 3.63) is 71.2 Å². The van der Waals surface area contributed by atoms with Crippen LogP contribution in [0.15, 0.2) is 39.8 Å². The number of aryl methyl sites for hydroxylation is 1. The zero-order chi connectivity index (χ0) is 19.4. The Morgan fingerprint density at radius 3 is 2.86 bits per heavy atom. The number of amides is 1. The first-order chi connectivity index (χ1) is 13.5. The van der Waals surface area contributed by atoms with Gasteiger partial charge in [-0.1, -0.05) is 0 Å². The highest BCUT2D eigenvalue weighted by atomic mass is 19.1. The third-order valence-electron chi connectivity index (χ3n) is 5.00. The van der Waals surface area contributed by atoms with Gasteiger partial charge in [-0.25, -0.2) is 18.7 Å². The average molecular weight is 384 g/mol. The molecule has 1 aliphatic heterocycles. The predicted octanol–water partition coefficient (Wildman–Crippen LogP) is 3.52. The lowest BCUT2D eigenvalue weighted by atomic mass is 9.99. The van der Waals surface area contributed by atoms with Crippen molar-refractivity contribution < 1.29 is 22.4 Å². The molecule has 28 heavy (non-hydrogen) atoms. The van der Waals surface area contributed by atoms with Crippen molar-refractivity contribution in [2.75, 3.05) is 6.54 Å². The molecule has 1 atom stereocenters. The molecular weight excluding hydrogens is 370 g/mol. The minimum absolute atomic E-state index is 0.0147. The lowest BCUT2D eigenvalue weighted by Crippen LogP contribution is -2.40. The van der Waals surface area contributed by atoms with Gasteiger partial charge in [0.1, 0.15) is 17.6 Å². The van der Waals surface area contributed by atoms with Crippen molar-refractivity contribution in [3.8, 4) is 0 Å². The van der Waals surface area contributed by atoms with Crippen molar-refractivity contribution >= 4 is 16.9 Å². The highest BCUT2D eigenvalue weighted by Crippen LogP contribution is 2.38. The lowest BCUT2D eigenvalue weighted by Gasteiger charge is -2.33. The highest BCUT2D eigenvalue weighted by Gasteiger charge is 2.38. The van der Waals surface area contributed by atoms with E-state index in [2.05, 4.69) is 15.0 Å². The second-order valence-corrected chi connectivity index (χ2v) is 6.61. The van der Waals surface area contributed by atoms with Crippen LogP contribution in [0.5, 0.6) is 0 Å². The summed E-state index contributed by atoms with van der Waals surface area (Å²) >= 11 is 0. The van der Waals surface area contributed by atoms with Gasteiger partial charge in [-0.2, -0.15) is 0 Å². The van der Waals surface area contributed by atoms with E-state index in [1.165, 1.54) is 23.7 Å². The molecule has 1 N–H and O–H groups in total. The summed E-state index contributed by atoms with van der Waals surface area (Å²) in [6.45, 7) is 2.02. The number of H-pyrrole nitrogens is 1.